The standard InChI is InChI=1S/C23H26N2O3/c1-17-9-11-18(12-10-17)21(26)15-23(28)19-7-3-4-8-20(19)25(22(23)27)16-24-13-5-2-6-14-24/h3-4,7-12,28H,2,5-6,13-16H2,1H3/t23-/m1/s1. The summed E-state index contributed by atoms with van der Waals surface area (Å²) in [5.41, 5.74) is 0.993. The van der Waals surface area contributed by atoms with Crippen LogP contribution in [0.4, 0.5) is 5.69 Å². The molecule has 146 valence electrons. The topological polar surface area (TPSA) is 60.9 Å². The van der Waals surface area contributed by atoms with Gasteiger partial charge in [0.2, 0.25) is 0 Å². The highest BCUT2D eigenvalue weighted by molar-refractivity contribution is 6.10. The summed E-state index contributed by atoms with van der Waals surface area (Å²) in [6.45, 7) is 4.31. The number of anilines is 1. The molecule has 2 aromatic rings. The monoisotopic (exact) mass is 378 g/mol. The second-order valence-corrected chi connectivity index (χ2v) is 7.90. The van der Waals surface area contributed by atoms with Gasteiger partial charge in [0.15, 0.2) is 11.4 Å². The van der Waals surface area contributed by atoms with E-state index in [0.717, 1.165) is 31.5 Å². The molecule has 5 heteroatoms. The highest BCUT2D eigenvalue weighted by atomic mass is 16.3. The van der Waals surface area contributed by atoms with Crippen molar-refractivity contribution in [2.45, 2.75) is 38.2 Å². The number of rotatable bonds is 5. The molecule has 0 aliphatic carbocycles. The minimum absolute atomic E-state index is 0.231. The lowest BCUT2D eigenvalue weighted by molar-refractivity contribution is -0.136. The van der Waals surface area contributed by atoms with Crippen molar-refractivity contribution in [1.29, 1.82) is 0 Å². The van der Waals surface area contributed by atoms with Crippen LogP contribution in [0.2, 0.25) is 0 Å². The molecule has 0 spiro atoms. The summed E-state index contributed by atoms with van der Waals surface area (Å²) in [6.07, 6.45) is 3.22. The minimum atomic E-state index is -1.81. The van der Waals surface area contributed by atoms with Crippen molar-refractivity contribution in [3.8, 4) is 0 Å². The first kappa shape index (κ1) is 18.8. The van der Waals surface area contributed by atoms with Crippen LogP contribution >= 0.6 is 0 Å². The first-order chi connectivity index (χ1) is 13.5. The summed E-state index contributed by atoms with van der Waals surface area (Å²) < 4.78 is 0. The number of benzene rings is 2. The summed E-state index contributed by atoms with van der Waals surface area (Å²) in [4.78, 5) is 30.0. The lowest BCUT2D eigenvalue weighted by atomic mass is 9.88. The Balaban J connectivity index is 1.61. The quantitative estimate of drug-likeness (QED) is 0.812. The van der Waals surface area contributed by atoms with Gasteiger partial charge in [-0.1, -0.05) is 54.4 Å². The number of carbonyl (C=O) groups is 2. The number of nitrogens with zero attached hydrogens (tertiary/aromatic N) is 2. The number of piperidine rings is 1. The molecular formula is C23H26N2O3. The van der Waals surface area contributed by atoms with Crippen molar-refractivity contribution in [3.63, 3.8) is 0 Å². The molecule has 1 atom stereocenters. The predicted molar refractivity (Wildman–Crippen MR) is 108 cm³/mol. The number of para-hydroxylation sites is 1. The van der Waals surface area contributed by atoms with Crippen LogP contribution in [0.25, 0.3) is 0 Å². The van der Waals surface area contributed by atoms with E-state index in [1.807, 2.05) is 31.2 Å². The summed E-state index contributed by atoms with van der Waals surface area (Å²) in [7, 11) is 0. The van der Waals surface area contributed by atoms with E-state index >= 15 is 0 Å². The molecule has 1 saturated heterocycles. The van der Waals surface area contributed by atoms with Crippen LogP contribution in [0.1, 0.15) is 47.2 Å². The summed E-state index contributed by atoms with van der Waals surface area (Å²) in [5, 5.41) is 11.4. The van der Waals surface area contributed by atoms with E-state index in [2.05, 4.69) is 4.90 Å². The molecule has 2 aromatic carbocycles. The lowest BCUT2D eigenvalue weighted by Crippen LogP contribution is -2.47. The van der Waals surface area contributed by atoms with Gasteiger partial charge in [-0.2, -0.15) is 0 Å². The maximum Gasteiger partial charge on any atom is 0.265 e. The summed E-state index contributed by atoms with van der Waals surface area (Å²) in [6, 6.07) is 14.5. The number of fused-ring (bicyclic) bond motifs is 1. The van der Waals surface area contributed by atoms with E-state index in [-0.39, 0.29) is 12.2 Å². The van der Waals surface area contributed by atoms with Gasteiger partial charge in [0.05, 0.1) is 18.8 Å². The SMILES string of the molecule is Cc1ccc(C(=O)C[C@]2(O)C(=O)N(CN3CCCCC3)c3ccccc32)cc1. The highest BCUT2D eigenvalue weighted by Gasteiger charge is 2.51. The molecule has 2 aliphatic rings. The van der Waals surface area contributed by atoms with E-state index < -0.39 is 11.5 Å². The number of likely N-dealkylation sites (tertiary alicyclic amines) is 1. The molecule has 2 heterocycles. The zero-order valence-electron chi connectivity index (χ0n) is 16.2. The van der Waals surface area contributed by atoms with E-state index in [9.17, 15) is 14.7 Å². The highest BCUT2D eigenvalue weighted by Crippen LogP contribution is 2.43. The smallest absolute Gasteiger partial charge is 0.265 e. The Morgan fingerprint density at radius 3 is 2.43 bits per heavy atom. The van der Waals surface area contributed by atoms with Gasteiger partial charge in [0.1, 0.15) is 0 Å². The Kier molecular flexibility index (Phi) is 5.04. The third-order valence-corrected chi connectivity index (χ3v) is 5.82. The maximum atomic E-state index is 13.3. The van der Waals surface area contributed by atoms with Crippen molar-refractivity contribution < 1.29 is 14.7 Å². The van der Waals surface area contributed by atoms with Gasteiger partial charge in [-0.25, -0.2) is 0 Å². The van der Waals surface area contributed by atoms with Gasteiger partial charge in [-0.05, 0) is 38.9 Å². The number of aryl methyl sites for hydroxylation is 1. The molecule has 0 radical (unpaired) electrons. The molecule has 0 saturated carbocycles. The number of hydrogen-bond acceptors (Lipinski definition) is 4. The molecule has 1 N–H and O–H groups in total. The molecule has 28 heavy (non-hydrogen) atoms. The molecule has 0 unspecified atom stereocenters. The van der Waals surface area contributed by atoms with E-state index in [1.165, 1.54) is 6.42 Å². The average molecular weight is 378 g/mol. The number of amides is 1. The Bertz CT molecular complexity index is 887. The Morgan fingerprint density at radius 1 is 1.04 bits per heavy atom. The zero-order chi connectivity index (χ0) is 19.7. The van der Waals surface area contributed by atoms with Crippen LogP contribution in [0.15, 0.2) is 48.5 Å². The number of hydrogen-bond donors (Lipinski definition) is 1. The van der Waals surface area contributed by atoms with Crippen LogP contribution in [0, 0.1) is 6.92 Å². The molecule has 4 rings (SSSR count). The van der Waals surface area contributed by atoms with Crippen LogP contribution in [-0.2, 0) is 10.4 Å². The lowest BCUT2D eigenvalue weighted by Gasteiger charge is -2.31. The Morgan fingerprint density at radius 2 is 1.71 bits per heavy atom. The van der Waals surface area contributed by atoms with Gasteiger partial charge >= 0.3 is 0 Å². The fourth-order valence-corrected chi connectivity index (χ4v) is 4.19. The van der Waals surface area contributed by atoms with Crippen molar-refractivity contribution >= 4 is 17.4 Å². The molecule has 1 fully saturated rings. The van der Waals surface area contributed by atoms with Crippen LogP contribution in [0.5, 0.6) is 0 Å². The van der Waals surface area contributed by atoms with Gasteiger partial charge in [-0.3, -0.25) is 19.4 Å². The Labute approximate surface area is 165 Å². The number of ketones is 1. The minimum Gasteiger partial charge on any atom is -0.375 e. The van der Waals surface area contributed by atoms with E-state index in [0.29, 0.717) is 23.5 Å². The second kappa shape index (κ2) is 7.49. The molecule has 5 nitrogen and oxygen atoms in total. The summed E-state index contributed by atoms with van der Waals surface area (Å²) >= 11 is 0. The third kappa shape index (κ3) is 3.36. The predicted octanol–water partition coefficient (Wildman–Crippen LogP) is 3.25. The largest absolute Gasteiger partial charge is 0.375 e. The fourth-order valence-electron chi connectivity index (χ4n) is 4.19. The van der Waals surface area contributed by atoms with E-state index in [1.54, 1.807) is 29.2 Å². The molecule has 0 bridgehead atoms. The third-order valence-electron chi connectivity index (χ3n) is 5.82. The average Bonchev–Trinajstić information content (AvgIpc) is 2.91. The van der Waals surface area contributed by atoms with Crippen molar-refractivity contribution in [2.75, 3.05) is 24.7 Å². The fraction of sp³-hybridized carbons (Fsp3) is 0.391. The van der Waals surface area contributed by atoms with Crippen LogP contribution < -0.4 is 4.90 Å². The molecule has 2 aliphatic heterocycles. The molecule has 1 amide bonds. The van der Waals surface area contributed by atoms with Crippen LogP contribution in [-0.4, -0.2) is 41.5 Å². The molecule has 0 aromatic heterocycles. The van der Waals surface area contributed by atoms with Crippen molar-refractivity contribution in [1.82, 2.24) is 4.90 Å². The van der Waals surface area contributed by atoms with Crippen molar-refractivity contribution in [3.05, 3.63) is 65.2 Å². The van der Waals surface area contributed by atoms with Gasteiger partial charge in [0, 0.05) is 11.1 Å². The first-order valence-electron chi connectivity index (χ1n) is 9.95. The maximum absolute atomic E-state index is 13.3. The van der Waals surface area contributed by atoms with Crippen LogP contribution in [0.3, 0.4) is 0 Å². The second-order valence-electron chi connectivity index (χ2n) is 7.90. The van der Waals surface area contributed by atoms with Gasteiger partial charge < -0.3 is 5.11 Å². The van der Waals surface area contributed by atoms with Crippen molar-refractivity contribution in [2.24, 2.45) is 0 Å². The normalized spacial score (nSPS) is 22.4. The van der Waals surface area contributed by atoms with E-state index in [4.69, 9.17) is 0 Å². The van der Waals surface area contributed by atoms with Gasteiger partial charge in [-0.15, -0.1) is 0 Å². The zero-order valence-corrected chi connectivity index (χ0v) is 16.2. The number of aliphatic hydroxyl groups is 1. The molecular weight excluding hydrogens is 352 g/mol. The number of Topliss-reactive ketones (excluding diaryl/α,β-unsaturated/α-hetero) is 1. The summed E-state index contributed by atoms with van der Waals surface area (Å²) in [5.74, 6) is -0.634. The van der Waals surface area contributed by atoms with Gasteiger partial charge in [0.25, 0.3) is 5.91 Å². The first-order valence-corrected chi connectivity index (χ1v) is 9.95. The number of carbonyl (C=O) groups excluding carboxylic acids is 2. The Hall–Kier alpha value is -2.50.